The molecule has 2 aromatic carbocycles. The monoisotopic (exact) mass is 352 g/mol. The molecular formula is C19H17FN4O2. The van der Waals surface area contributed by atoms with E-state index >= 15 is 0 Å². The molecule has 3 aromatic rings. The number of ether oxygens (including phenoxy) is 1. The standard InChI is InChI=1S/C19H17FN4O2/c20-15-8-4-5-9-16(15)21-17-10-11-18(24-23-17)22-19(25)12-13-26-14-6-2-1-3-7-14/h1-11H,12-13H2,(H,21,23)(H,22,24,25). The molecule has 0 unspecified atom stereocenters. The SMILES string of the molecule is O=C(CCOc1ccccc1)Nc1ccc(Nc2ccccc2F)nn1. The Kier molecular flexibility index (Phi) is 5.72. The fraction of sp³-hybridized carbons (Fsp3) is 0.105. The number of para-hydroxylation sites is 2. The van der Waals surface area contributed by atoms with Crippen molar-refractivity contribution in [3.63, 3.8) is 0 Å². The second-order valence-electron chi connectivity index (χ2n) is 5.37. The lowest BCUT2D eigenvalue weighted by Gasteiger charge is -2.08. The summed E-state index contributed by atoms with van der Waals surface area (Å²) in [6.45, 7) is 0.260. The number of rotatable bonds is 7. The van der Waals surface area contributed by atoms with E-state index in [1.807, 2.05) is 30.3 Å². The van der Waals surface area contributed by atoms with E-state index in [0.29, 0.717) is 23.1 Å². The smallest absolute Gasteiger partial charge is 0.229 e. The number of nitrogens with zero attached hydrogens (tertiary/aromatic N) is 2. The summed E-state index contributed by atoms with van der Waals surface area (Å²) in [4.78, 5) is 11.9. The number of aromatic nitrogens is 2. The molecule has 0 aliphatic carbocycles. The van der Waals surface area contributed by atoms with Crippen LogP contribution in [0.25, 0.3) is 0 Å². The normalized spacial score (nSPS) is 10.2. The van der Waals surface area contributed by atoms with Crippen molar-refractivity contribution in [3.8, 4) is 5.75 Å². The quantitative estimate of drug-likeness (QED) is 0.677. The third-order valence-corrected chi connectivity index (χ3v) is 3.41. The maximum Gasteiger partial charge on any atom is 0.229 e. The van der Waals surface area contributed by atoms with Crippen LogP contribution in [-0.2, 0) is 4.79 Å². The van der Waals surface area contributed by atoms with Gasteiger partial charge in [-0.05, 0) is 36.4 Å². The number of anilines is 3. The molecule has 2 N–H and O–H groups in total. The maximum absolute atomic E-state index is 13.6. The van der Waals surface area contributed by atoms with Crippen LogP contribution in [0.4, 0.5) is 21.7 Å². The Morgan fingerprint density at radius 1 is 0.923 bits per heavy atom. The van der Waals surface area contributed by atoms with Gasteiger partial charge in [-0.2, -0.15) is 0 Å². The van der Waals surface area contributed by atoms with Crippen LogP contribution in [0.2, 0.25) is 0 Å². The first-order valence-electron chi connectivity index (χ1n) is 8.04. The van der Waals surface area contributed by atoms with E-state index in [1.165, 1.54) is 6.07 Å². The molecule has 0 bridgehead atoms. The molecule has 132 valence electrons. The summed E-state index contributed by atoms with van der Waals surface area (Å²) in [6, 6.07) is 18.7. The van der Waals surface area contributed by atoms with Crippen molar-refractivity contribution >= 4 is 23.2 Å². The average Bonchev–Trinajstić information content (AvgIpc) is 2.66. The molecule has 0 aliphatic rings. The second-order valence-corrected chi connectivity index (χ2v) is 5.37. The number of hydrogen-bond donors (Lipinski definition) is 2. The van der Waals surface area contributed by atoms with Gasteiger partial charge in [-0.1, -0.05) is 30.3 Å². The minimum absolute atomic E-state index is 0.186. The molecule has 0 fully saturated rings. The van der Waals surface area contributed by atoms with E-state index in [1.54, 1.807) is 30.3 Å². The Hall–Kier alpha value is -3.48. The van der Waals surface area contributed by atoms with Crippen molar-refractivity contribution in [3.05, 3.63) is 72.5 Å². The summed E-state index contributed by atoms with van der Waals surface area (Å²) in [6.07, 6.45) is 0.186. The Bertz CT molecular complexity index is 857. The molecule has 6 nitrogen and oxygen atoms in total. The maximum atomic E-state index is 13.6. The second kappa shape index (κ2) is 8.57. The van der Waals surface area contributed by atoms with Crippen LogP contribution >= 0.6 is 0 Å². The third-order valence-electron chi connectivity index (χ3n) is 3.41. The lowest BCUT2D eigenvalue weighted by Crippen LogP contribution is -2.16. The lowest BCUT2D eigenvalue weighted by molar-refractivity contribution is -0.116. The Labute approximate surface area is 150 Å². The Morgan fingerprint density at radius 2 is 1.62 bits per heavy atom. The molecule has 1 aromatic heterocycles. The predicted octanol–water partition coefficient (Wildman–Crippen LogP) is 3.77. The van der Waals surface area contributed by atoms with Gasteiger partial charge in [0, 0.05) is 0 Å². The zero-order valence-corrected chi connectivity index (χ0v) is 13.9. The van der Waals surface area contributed by atoms with Gasteiger partial charge in [0.05, 0.1) is 18.7 Å². The third kappa shape index (κ3) is 5.01. The van der Waals surface area contributed by atoms with E-state index in [-0.39, 0.29) is 24.8 Å². The van der Waals surface area contributed by atoms with E-state index < -0.39 is 0 Å². The lowest BCUT2D eigenvalue weighted by atomic mass is 10.3. The molecule has 0 aliphatic heterocycles. The van der Waals surface area contributed by atoms with E-state index in [9.17, 15) is 9.18 Å². The number of carbonyl (C=O) groups excluding carboxylic acids is 1. The van der Waals surface area contributed by atoms with Crippen LogP contribution in [0.5, 0.6) is 5.75 Å². The number of carbonyl (C=O) groups is 1. The fourth-order valence-corrected chi connectivity index (χ4v) is 2.15. The molecular weight excluding hydrogens is 335 g/mol. The van der Waals surface area contributed by atoms with Gasteiger partial charge in [0.25, 0.3) is 0 Å². The van der Waals surface area contributed by atoms with Gasteiger partial charge in [-0.15, -0.1) is 10.2 Å². The van der Waals surface area contributed by atoms with Crippen LogP contribution in [0.15, 0.2) is 66.7 Å². The van der Waals surface area contributed by atoms with Crippen molar-refractivity contribution in [2.75, 3.05) is 17.2 Å². The minimum Gasteiger partial charge on any atom is -0.493 e. The molecule has 0 radical (unpaired) electrons. The highest BCUT2D eigenvalue weighted by molar-refractivity contribution is 5.89. The molecule has 26 heavy (non-hydrogen) atoms. The van der Waals surface area contributed by atoms with Crippen LogP contribution in [-0.4, -0.2) is 22.7 Å². The molecule has 0 saturated heterocycles. The number of halogens is 1. The highest BCUT2D eigenvalue weighted by atomic mass is 19.1. The zero-order chi connectivity index (χ0) is 18.2. The van der Waals surface area contributed by atoms with Crippen molar-refractivity contribution in [2.24, 2.45) is 0 Å². The Balaban J connectivity index is 1.47. The van der Waals surface area contributed by atoms with Gasteiger partial charge >= 0.3 is 0 Å². The predicted molar refractivity (Wildman–Crippen MR) is 96.9 cm³/mol. The molecule has 0 saturated carbocycles. The van der Waals surface area contributed by atoms with Gasteiger partial charge in [-0.3, -0.25) is 4.79 Å². The van der Waals surface area contributed by atoms with Gasteiger partial charge in [-0.25, -0.2) is 4.39 Å². The largest absolute Gasteiger partial charge is 0.493 e. The van der Waals surface area contributed by atoms with Gasteiger partial charge in [0.15, 0.2) is 11.6 Å². The van der Waals surface area contributed by atoms with Crippen molar-refractivity contribution in [1.29, 1.82) is 0 Å². The van der Waals surface area contributed by atoms with Gasteiger partial charge in [0.1, 0.15) is 11.6 Å². The first-order valence-corrected chi connectivity index (χ1v) is 8.04. The Morgan fingerprint density at radius 3 is 2.35 bits per heavy atom. The van der Waals surface area contributed by atoms with Crippen molar-refractivity contribution in [1.82, 2.24) is 10.2 Å². The minimum atomic E-state index is -0.384. The molecule has 1 amide bonds. The summed E-state index contributed by atoms with van der Waals surface area (Å²) >= 11 is 0. The highest BCUT2D eigenvalue weighted by Gasteiger charge is 2.06. The van der Waals surface area contributed by atoms with Gasteiger partial charge in [0.2, 0.25) is 5.91 Å². The molecule has 1 heterocycles. The number of benzene rings is 2. The molecule has 7 heteroatoms. The number of nitrogens with one attached hydrogen (secondary N) is 2. The summed E-state index contributed by atoms with van der Waals surface area (Å²) < 4.78 is 19.1. The molecule has 0 atom stereocenters. The zero-order valence-electron chi connectivity index (χ0n) is 13.9. The van der Waals surface area contributed by atoms with Crippen LogP contribution in [0, 0.1) is 5.82 Å². The van der Waals surface area contributed by atoms with E-state index in [0.717, 1.165) is 0 Å². The van der Waals surface area contributed by atoms with Crippen molar-refractivity contribution < 1.29 is 13.9 Å². The van der Waals surface area contributed by atoms with Crippen LogP contribution in [0.3, 0.4) is 0 Å². The van der Waals surface area contributed by atoms with Gasteiger partial charge < -0.3 is 15.4 Å². The fourth-order valence-electron chi connectivity index (χ4n) is 2.15. The van der Waals surface area contributed by atoms with E-state index in [4.69, 9.17) is 4.74 Å². The summed E-state index contributed by atoms with van der Waals surface area (Å²) in [7, 11) is 0. The highest BCUT2D eigenvalue weighted by Crippen LogP contribution is 2.18. The first-order chi connectivity index (χ1) is 12.7. The summed E-state index contributed by atoms with van der Waals surface area (Å²) in [5, 5.41) is 13.3. The van der Waals surface area contributed by atoms with Crippen LogP contribution in [0.1, 0.15) is 6.42 Å². The van der Waals surface area contributed by atoms with Crippen molar-refractivity contribution in [2.45, 2.75) is 6.42 Å². The van der Waals surface area contributed by atoms with Crippen LogP contribution < -0.4 is 15.4 Å². The summed E-state index contributed by atoms with van der Waals surface area (Å²) in [5.41, 5.74) is 0.302. The summed E-state index contributed by atoms with van der Waals surface area (Å²) in [5.74, 6) is 0.785. The number of amides is 1. The molecule has 3 rings (SSSR count). The number of hydrogen-bond acceptors (Lipinski definition) is 5. The first kappa shape index (κ1) is 17.3. The topological polar surface area (TPSA) is 76.1 Å². The van der Waals surface area contributed by atoms with E-state index in [2.05, 4.69) is 20.8 Å². The average molecular weight is 352 g/mol. The molecule has 0 spiro atoms.